The van der Waals surface area contributed by atoms with Gasteiger partial charge in [-0.3, -0.25) is 29.8 Å². The number of thiophene rings is 1. The van der Waals surface area contributed by atoms with Crippen LogP contribution in [-0.4, -0.2) is 28.3 Å². The minimum Gasteiger partial charge on any atom is -0.477 e. The fourth-order valence-corrected chi connectivity index (χ4v) is 3.08. The third kappa shape index (κ3) is 5.61. The summed E-state index contributed by atoms with van der Waals surface area (Å²) in [5.74, 6) is -1.11. The highest BCUT2D eigenvalue weighted by molar-refractivity contribution is 7.12. The molecule has 31 heavy (non-hydrogen) atoms. The summed E-state index contributed by atoms with van der Waals surface area (Å²) in [6.45, 7) is -0.546. The molecule has 0 aliphatic heterocycles. The average Bonchev–Trinajstić information content (AvgIpc) is 3.28. The smallest absolute Gasteiger partial charge is 0.317 e. The van der Waals surface area contributed by atoms with Crippen molar-refractivity contribution in [1.29, 1.82) is 0 Å². The van der Waals surface area contributed by atoms with Crippen molar-refractivity contribution in [3.05, 3.63) is 85.1 Å². The molecule has 3 rings (SSSR count). The van der Waals surface area contributed by atoms with Gasteiger partial charge in [-0.2, -0.15) is 0 Å². The van der Waals surface area contributed by atoms with Crippen molar-refractivity contribution in [3.63, 3.8) is 0 Å². The van der Waals surface area contributed by atoms with Gasteiger partial charge in [0.05, 0.1) is 20.8 Å². The highest BCUT2D eigenvalue weighted by atomic mass is 32.1. The Hall–Kier alpha value is -4.32. The van der Waals surface area contributed by atoms with E-state index in [2.05, 4.69) is 10.6 Å². The van der Waals surface area contributed by atoms with Crippen molar-refractivity contribution in [3.8, 4) is 5.75 Å². The summed E-state index contributed by atoms with van der Waals surface area (Å²) >= 11 is 1.31. The molecule has 0 bridgehead atoms. The number of carbonyl (C=O) groups is 2. The summed E-state index contributed by atoms with van der Waals surface area (Å²) in [4.78, 5) is 44.9. The van der Waals surface area contributed by atoms with Gasteiger partial charge in [0.2, 0.25) is 0 Å². The van der Waals surface area contributed by atoms with E-state index in [4.69, 9.17) is 4.74 Å². The molecule has 0 fully saturated rings. The molecular formula is C19H14N4O7S. The van der Waals surface area contributed by atoms with E-state index in [0.717, 1.165) is 18.2 Å². The fourth-order valence-electron chi connectivity index (χ4n) is 2.46. The summed E-state index contributed by atoms with van der Waals surface area (Å²) in [6, 6.07) is 12.7. The highest BCUT2D eigenvalue weighted by Gasteiger charge is 2.21. The Labute approximate surface area is 178 Å². The van der Waals surface area contributed by atoms with Crippen LogP contribution < -0.4 is 15.4 Å². The van der Waals surface area contributed by atoms with E-state index in [-0.39, 0.29) is 11.7 Å². The molecule has 3 aromatic rings. The first-order valence-corrected chi connectivity index (χ1v) is 9.52. The van der Waals surface area contributed by atoms with Crippen LogP contribution in [-0.2, 0) is 4.79 Å². The maximum absolute atomic E-state index is 12.1. The second-order valence-corrected chi connectivity index (χ2v) is 6.96. The van der Waals surface area contributed by atoms with Crippen LogP contribution >= 0.6 is 11.3 Å². The Kier molecular flexibility index (Phi) is 6.52. The van der Waals surface area contributed by atoms with Crippen molar-refractivity contribution < 1.29 is 24.2 Å². The number of amides is 2. The minimum atomic E-state index is -0.830. The molecule has 0 aliphatic rings. The number of ether oxygens (including phenoxy) is 1. The van der Waals surface area contributed by atoms with Crippen LogP contribution in [0.3, 0.4) is 0 Å². The van der Waals surface area contributed by atoms with Crippen LogP contribution in [0.1, 0.15) is 9.67 Å². The van der Waals surface area contributed by atoms with Crippen LogP contribution in [0.2, 0.25) is 0 Å². The van der Waals surface area contributed by atoms with Gasteiger partial charge in [-0.15, -0.1) is 11.3 Å². The molecule has 158 valence electrons. The maximum atomic E-state index is 12.1. The van der Waals surface area contributed by atoms with E-state index in [9.17, 15) is 29.8 Å². The molecule has 0 aliphatic carbocycles. The average molecular weight is 442 g/mol. The molecule has 1 heterocycles. The van der Waals surface area contributed by atoms with Crippen molar-refractivity contribution in [2.24, 2.45) is 0 Å². The number of hydrogen-bond acceptors (Lipinski definition) is 8. The number of anilines is 2. The van der Waals surface area contributed by atoms with E-state index < -0.39 is 33.7 Å². The second kappa shape index (κ2) is 9.45. The molecule has 0 atom stereocenters. The Balaban J connectivity index is 1.57. The highest BCUT2D eigenvalue weighted by Crippen LogP contribution is 2.31. The third-order valence-corrected chi connectivity index (χ3v) is 4.75. The SMILES string of the molecule is O=C(COc1ccc([N+](=O)[O-])cc1[N+](=O)[O-])Nc1ccc(NC(=O)c2cccs2)cc1. The zero-order chi connectivity index (χ0) is 22.4. The lowest BCUT2D eigenvalue weighted by Crippen LogP contribution is -2.20. The summed E-state index contributed by atoms with van der Waals surface area (Å²) < 4.78 is 5.15. The van der Waals surface area contributed by atoms with Gasteiger partial charge in [-0.25, -0.2) is 0 Å². The van der Waals surface area contributed by atoms with E-state index in [1.165, 1.54) is 11.3 Å². The molecule has 1 aromatic heterocycles. The molecule has 12 heteroatoms. The molecule has 0 unspecified atom stereocenters. The summed E-state index contributed by atoms with van der Waals surface area (Å²) in [7, 11) is 0. The number of benzene rings is 2. The lowest BCUT2D eigenvalue weighted by molar-refractivity contribution is -0.394. The number of nitrogens with zero attached hydrogens (tertiary/aromatic N) is 2. The van der Waals surface area contributed by atoms with Crippen LogP contribution in [0.25, 0.3) is 0 Å². The molecule has 0 saturated heterocycles. The normalized spacial score (nSPS) is 10.2. The van der Waals surface area contributed by atoms with E-state index in [1.807, 2.05) is 0 Å². The summed E-state index contributed by atoms with van der Waals surface area (Å²) in [5.41, 5.74) is -0.127. The number of nitro benzene ring substituents is 2. The zero-order valence-corrected chi connectivity index (χ0v) is 16.5. The standard InChI is InChI=1S/C19H14N4O7S/c24-18(11-30-16-8-7-14(22(26)27)10-15(16)23(28)29)20-12-3-5-13(6-4-12)21-19(25)17-2-1-9-31-17/h1-10H,11H2,(H,20,24)(H,21,25). The Morgan fingerprint density at radius 2 is 1.61 bits per heavy atom. The molecule has 2 N–H and O–H groups in total. The molecule has 0 radical (unpaired) electrons. The topological polar surface area (TPSA) is 154 Å². The van der Waals surface area contributed by atoms with Crippen LogP contribution in [0, 0.1) is 20.2 Å². The Bertz CT molecular complexity index is 1130. The first-order valence-electron chi connectivity index (χ1n) is 8.64. The van der Waals surface area contributed by atoms with E-state index >= 15 is 0 Å². The largest absolute Gasteiger partial charge is 0.477 e. The molecule has 0 saturated carbocycles. The quantitative estimate of drug-likeness (QED) is 0.397. The lowest BCUT2D eigenvalue weighted by Gasteiger charge is -2.09. The van der Waals surface area contributed by atoms with E-state index in [1.54, 1.807) is 41.8 Å². The number of non-ortho nitro benzene ring substituents is 1. The van der Waals surface area contributed by atoms with Crippen molar-refractivity contribution in [2.45, 2.75) is 0 Å². The predicted molar refractivity (Wildman–Crippen MR) is 113 cm³/mol. The van der Waals surface area contributed by atoms with Gasteiger partial charge in [0, 0.05) is 17.4 Å². The Morgan fingerprint density at radius 1 is 0.935 bits per heavy atom. The lowest BCUT2D eigenvalue weighted by atomic mass is 10.2. The maximum Gasteiger partial charge on any atom is 0.317 e. The van der Waals surface area contributed by atoms with Gasteiger partial charge in [-0.05, 0) is 41.8 Å². The molecule has 2 aromatic carbocycles. The van der Waals surface area contributed by atoms with Crippen LogP contribution in [0.4, 0.5) is 22.7 Å². The molecular weight excluding hydrogens is 428 g/mol. The second-order valence-electron chi connectivity index (χ2n) is 6.01. The van der Waals surface area contributed by atoms with Crippen LogP contribution in [0.5, 0.6) is 5.75 Å². The number of carbonyl (C=O) groups excluding carboxylic acids is 2. The van der Waals surface area contributed by atoms with Crippen molar-refractivity contribution in [2.75, 3.05) is 17.2 Å². The molecule has 11 nitrogen and oxygen atoms in total. The predicted octanol–water partition coefficient (Wildman–Crippen LogP) is 3.83. The third-order valence-electron chi connectivity index (χ3n) is 3.88. The molecule has 2 amide bonds. The van der Waals surface area contributed by atoms with Gasteiger partial charge < -0.3 is 15.4 Å². The zero-order valence-electron chi connectivity index (χ0n) is 15.6. The number of nitro groups is 2. The monoisotopic (exact) mass is 442 g/mol. The number of nitrogens with one attached hydrogen (secondary N) is 2. The van der Waals surface area contributed by atoms with Gasteiger partial charge in [0.25, 0.3) is 17.5 Å². The number of rotatable bonds is 8. The minimum absolute atomic E-state index is 0.245. The fraction of sp³-hybridized carbons (Fsp3) is 0.0526. The first kappa shape index (κ1) is 21.4. The van der Waals surface area contributed by atoms with Crippen molar-refractivity contribution >= 4 is 45.9 Å². The van der Waals surface area contributed by atoms with Gasteiger partial charge in [0.15, 0.2) is 12.4 Å². The summed E-state index contributed by atoms with van der Waals surface area (Å²) in [6.07, 6.45) is 0. The number of hydrogen-bond donors (Lipinski definition) is 2. The Morgan fingerprint density at radius 3 is 2.19 bits per heavy atom. The molecule has 0 spiro atoms. The van der Waals surface area contributed by atoms with Crippen molar-refractivity contribution in [1.82, 2.24) is 0 Å². The van der Waals surface area contributed by atoms with Gasteiger partial charge in [0.1, 0.15) is 0 Å². The summed E-state index contributed by atoms with van der Waals surface area (Å²) in [5, 5.41) is 28.9. The van der Waals surface area contributed by atoms with Gasteiger partial charge in [-0.1, -0.05) is 6.07 Å². The van der Waals surface area contributed by atoms with Gasteiger partial charge >= 0.3 is 5.69 Å². The van der Waals surface area contributed by atoms with E-state index in [0.29, 0.717) is 16.3 Å². The van der Waals surface area contributed by atoms with Crippen LogP contribution in [0.15, 0.2) is 60.0 Å². The first-order chi connectivity index (χ1) is 14.8.